The van der Waals surface area contributed by atoms with E-state index in [4.69, 9.17) is 25.8 Å². The third kappa shape index (κ3) is 4.57. The van der Waals surface area contributed by atoms with Crippen LogP contribution in [0.2, 0.25) is 5.02 Å². The Hall–Kier alpha value is -2.25. The Morgan fingerprint density at radius 2 is 1.77 bits per heavy atom. The molecule has 0 unspecified atom stereocenters. The number of halogens is 1. The van der Waals surface area contributed by atoms with E-state index in [0.717, 1.165) is 5.56 Å². The van der Waals surface area contributed by atoms with Gasteiger partial charge in [0.1, 0.15) is 0 Å². The first kappa shape index (κ1) is 21.0. The van der Waals surface area contributed by atoms with E-state index in [9.17, 15) is 9.59 Å². The number of fused-ring (bicyclic) bond motifs is 1. The molecule has 3 aliphatic rings. The molecule has 30 heavy (non-hydrogen) atoms. The molecular formula is C22H27ClN2O5. The number of nitrogens with zero attached hydrogens (tertiary/aromatic N) is 2. The number of benzene rings is 1. The van der Waals surface area contributed by atoms with Crippen molar-refractivity contribution in [3.8, 4) is 11.5 Å². The number of carbonyl (C=O) groups is 2. The molecule has 0 N–H and O–H groups in total. The number of carbonyl (C=O) groups excluding carboxylic acids is 2. The first-order valence-electron chi connectivity index (χ1n) is 10.4. The number of piperidine rings is 1. The summed E-state index contributed by atoms with van der Waals surface area (Å²) in [6.45, 7) is 6.59. The van der Waals surface area contributed by atoms with Crippen molar-refractivity contribution in [1.29, 1.82) is 0 Å². The molecule has 2 saturated heterocycles. The standard InChI is InChI=1S/C22H27ClN2O5/c1-14-11-25(12-15(2)30-14)22(27)17-5-7-24(8-6-17)20(26)4-3-16-9-18(23)21-19(10-16)28-13-29-21/h3-4,9-10,14-15,17H,5-8,11-13H2,1-2H3/b4-3+/t14-,15+. The summed E-state index contributed by atoms with van der Waals surface area (Å²) >= 11 is 6.19. The van der Waals surface area contributed by atoms with Gasteiger partial charge in [-0.15, -0.1) is 0 Å². The van der Waals surface area contributed by atoms with Gasteiger partial charge >= 0.3 is 0 Å². The molecule has 4 rings (SSSR count). The Labute approximate surface area is 181 Å². The molecule has 2 amide bonds. The normalized spacial score (nSPS) is 24.5. The summed E-state index contributed by atoms with van der Waals surface area (Å²) in [7, 11) is 0. The van der Waals surface area contributed by atoms with Crippen LogP contribution in [0.1, 0.15) is 32.3 Å². The molecule has 1 aromatic rings. The molecule has 0 bridgehead atoms. The van der Waals surface area contributed by atoms with Gasteiger partial charge in [-0.25, -0.2) is 0 Å². The summed E-state index contributed by atoms with van der Waals surface area (Å²) in [6.07, 6.45) is 4.77. The lowest BCUT2D eigenvalue weighted by molar-refractivity contribution is -0.149. The maximum absolute atomic E-state index is 12.9. The lowest BCUT2D eigenvalue weighted by Gasteiger charge is -2.39. The fraction of sp³-hybridized carbons (Fsp3) is 0.545. The highest BCUT2D eigenvalue weighted by molar-refractivity contribution is 6.32. The topological polar surface area (TPSA) is 68.3 Å². The zero-order chi connectivity index (χ0) is 21.3. The van der Waals surface area contributed by atoms with Gasteiger partial charge in [-0.1, -0.05) is 11.6 Å². The minimum atomic E-state index is -0.0664. The molecule has 3 heterocycles. The Morgan fingerprint density at radius 1 is 1.07 bits per heavy atom. The van der Waals surface area contributed by atoms with Crippen LogP contribution in [0.4, 0.5) is 0 Å². The molecule has 1 aromatic carbocycles. The zero-order valence-corrected chi connectivity index (χ0v) is 18.1. The quantitative estimate of drug-likeness (QED) is 0.684. The summed E-state index contributed by atoms with van der Waals surface area (Å²) in [5.74, 6) is 1.22. The molecule has 8 heteroatoms. The summed E-state index contributed by atoms with van der Waals surface area (Å²) < 4.78 is 16.4. The van der Waals surface area contributed by atoms with Crippen LogP contribution in [-0.4, -0.2) is 66.8 Å². The molecule has 0 aliphatic carbocycles. The molecule has 162 valence electrons. The van der Waals surface area contributed by atoms with Gasteiger partial charge in [0.15, 0.2) is 11.5 Å². The minimum Gasteiger partial charge on any atom is -0.454 e. The molecule has 0 spiro atoms. The van der Waals surface area contributed by atoms with Gasteiger partial charge in [-0.05, 0) is 50.5 Å². The monoisotopic (exact) mass is 434 g/mol. The van der Waals surface area contributed by atoms with Crippen molar-refractivity contribution in [3.63, 3.8) is 0 Å². The Kier molecular flexibility index (Phi) is 6.20. The van der Waals surface area contributed by atoms with Gasteiger partial charge in [-0.2, -0.15) is 0 Å². The van der Waals surface area contributed by atoms with Gasteiger partial charge in [0, 0.05) is 38.2 Å². The maximum Gasteiger partial charge on any atom is 0.246 e. The number of hydrogen-bond acceptors (Lipinski definition) is 5. The zero-order valence-electron chi connectivity index (χ0n) is 17.3. The highest BCUT2D eigenvalue weighted by Crippen LogP contribution is 2.40. The first-order valence-corrected chi connectivity index (χ1v) is 10.8. The van der Waals surface area contributed by atoms with Gasteiger partial charge in [0.25, 0.3) is 0 Å². The second kappa shape index (κ2) is 8.86. The number of likely N-dealkylation sites (tertiary alicyclic amines) is 1. The van der Waals surface area contributed by atoms with Gasteiger partial charge < -0.3 is 24.0 Å². The van der Waals surface area contributed by atoms with Crippen molar-refractivity contribution in [2.45, 2.75) is 38.9 Å². The van der Waals surface area contributed by atoms with Crippen molar-refractivity contribution in [2.75, 3.05) is 33.0 Å². The van der Waals surface area contributed by atoms with Gasteiger partial charge in [0.2, 0.25) is 18.6 Å². The smallest absolute Gasteiger partial charge is 0.246 e. The Balaban J connectivity index is 1.31. The second-order valence-corrected chi connectivity index (χ2v) is 8.58. The lowest BCUT2D eigenvalue weighted by Crippen LogP contribution is -2.51. The molecular weight excluding hydrogens is 408 g/mol. The van der Waals surface area contributed by atoms with Crippen LogP contribution in [-0.2, 0) is 14.3 Å². The number of morpholine rings is 1. The van der Waals surface area contributed by atoms with Crippen LogP contribution in [0.25, 0.3) is 6.08 Å². The Bertz CT molecular complexity index is 840. The largest absolute Gasteiger partial charge is 0.454 e. The van der Waals surface area contributed by atoms with Crippen molar-refractivity contribution < 1.29 is 23.8 Å². The minimum absolute atomic E-state index is 0.0248. The van der Waals surface area contributed by atoms with Crippen LogP contribution in [0.3, 0.4) is 0 Å². The molecule has 2 atom stereocenters. The van der Waals surface area contributed by atoms with E-state index in [1.165, 1.54) is 0 Å². The van der Waals surface area contributed by atoms with Crippen molar-refractivity contribution in [2.24, 2.45) is 5.92 Å². The van der Waals surface area contributed by atoms with Crippen LogP contribution >= 0.6 is 11.6 Å². The van der Waals surface area contributed by atoms with Crippen LogP contribution in [0.5, 0.6) is 11.5 Å². The van der Waals surface area contributed by atoms with Gasteiger partial charge in [0.05, 0.1) is 17.2 Å². The molecule has 0 radical (unpaired) electrons. The number of rotatable bonds is 3. The van der Waals surface area contributed by atoms with Gasteiger partial charge in [-0.3, -0.25) is 9.59 Å². The summed E-state index contributed by atoms with van der Waals surface area (Å²) in [5.41, 5.74) is 0.776. The molecule has 3 aliphatic heterocycles. The van der Waals surface area contributed by atoms with Crippen molar-refractivity contribution in [3.05, 3.63) is 28.8 Å². The highest BCUT2D eigenvalue weighted by atomic mass is 35.5. The molecule has 0 aromatic heterocycles. The fourth-order valence-corrected chi connectivity index (χ4v) is 4.59. The summed E-state index contributed by atoms with van der Waals surface area (Å²) in [6, 6.07) is 3.54. The number of ether oxygens (including phenoxy) is 3. The Morgan fingerprint density at radius 3 is 2.47 bits per heavy atom. The molecule has 2 fully saturated rings. The van der Waals surface area contributed by atoms with E-state index in [0.29, 0.717) is 55.5 Å². The maximum atomic E-state index is 12.9. The summed E-state index contributed by atoms with van der Waals surface area (Å²) in [5, 5.41) is 0.461. The van der Waals surface area contributed by atoms with Crippen LogP contribution in [0, 0.1) is 5.92 Å². The van der Waals surface area contributed by atoms with E-state index in [-0.39, 0.29) is 36.7 Å². The molecule has 7 nitrogen and oxygen atoms in total. The predicted octanol–water partition coefficient (Wildman–Crippen LogP) is 2.96. The summed E-state index contributed by atoms with van der Waals surface area (Å²) in [4.78, 5) is 29.2. The second-order valence-electron chi connectivity index (χ2n) is 8.17. The average Bonchev–Trinajstić information content (AvgIpc) is 3.20. The average molecular weight is 435 g/mol. The van der Waals surface area contributed by atoms with E-state index in [2.05, 4.69) is 0 Å². The lowest BCUT2D eigenvalue weighted by atomic mass is 9.94. The number of amides is 2. The number of hydrogen-bond donors (Lipinski definition) is 0. The van der Waals surface area contributed by atoms with Crippen molar-refractivity contribution in [1.82, 2.24) is 9.80 Å². The predicted molar refractivity (Wildman–Crippen MR) is 113 cm³/mol. The van der Waals surface area contributed by atoms with E-state index in [1.54, 1.807) is 29.2 Å². The SMILES string of the molecule is C[C@@H]1CN(C(=O)C2CCN(C(=O)/C=C/c3cc(Cl)c4c(c3)OCO4)CC2)C[C@H](C)O1. The van der Waals surface area contributed by atoms with Crippen molar-refractivity contribution >= 4 is 29.5 Å². The van der Waals surface area contributed by atoms with Crippen LogP contribution < -0.4 is 9.47 Å². The third-order valence-electron chi connectivity index (χ3n) is 5.76. The molecule has 0 saturated carbocycles. The van der Waals surface area contributed by atoms with E-state index < -0.39 is 0 Å². The highest BCUT2D eigenvalue weighted by Gasteiger charge is 2.33. The fourth-order valence-electron chi connectivity index (χ4n) is 4.32. The first-order chi connectivity index (χ1) is 14.4. The van der Waals surface area contributed by atoms with Crippen LogP contribution in [0.15, 0.2) is 18.2 Å². The van der Waals surface area contributed by atoms with E-state index in [1.807, 2.05) is 18.7 Å². The van der Waals surface area contributed by atoms with E-state index >= 15 is 0 Å². The third-order valence-corrected chi connectivity index (χ3v) is 6.04.